The van der Waals surface area contributed by atoms with Crippen LogP contribution in [-0.2, 0) is 0 Å². The number of thioether (sulfide) groups is 1. The Bertz CT molecular complexity index is 665. The summed E-state index contributed by atoms with van der Waals surface area (Å²) in [7, 11) is 1.99. The molecule has 0 spiro atoms. The summed E-state index contributed by atoms with van der Waals surface area (Å²) in [5, 5.41) is 7.26. The van der Waals surface area contributed by atoms with Gasteiger partial charge in [-0.05, 0) is 43.1 Å². The number of halogens is 4. The van der Waals surface area contributed by atoms with E-state index in [0.717, 1.165) is 19.6 Å². The van der Waals surface area contributed by atoms with Crippen molar-refractivity contribution in [1.29, 1.82) is 0 Å². The molecule has 3 rings (SSSR count). The molecule has 0 bridgehead atoms. The highest BCUT2D eigenvalue weighted by Gasteiger charge is 2.29. The smallest absolute Gasteiger partial charge is 0.334 e. The highest BCUT2D eigenvalue weighted by atomic mass is 35.5. The van der Waals surface area contributed by atoms with Crippen molar-refractivity contribution in [2.24, 2.45) is 0 Å². The van der Waals surface area contributed by atoms with Gasteiger partial charge in [0.1, 0.15) is 0 Å². The molecule has 2 aromatic rings. The molecule has 1 aliphatic heterocycles. The van der Waals surface area contributed by atoms with Crippen molar-refractivity contribution < 1.29 is 17.7 Å². The number of piperazine rings is 1. The Hall–Kier alpha value is -1.29. The molecule has 1 atom stereocenters. The van der Waals surface area contributed by atoms with E-state index in [0.29, 0.717) is 17.3 Å². The van der Waals surface area contributed by atoms with Crippen molar-refractivity contribution in [3.8, 4) is 11.5 Å². The highest BCUT2D eigenvalue weighted by Crippen LogP contribution is 2.37. The fraction of sp³-hybridized carbons (Fsp3) is 0.429. The van der Waals surface area contributed by atoms with Gasteiger partial charge < -0.3 is 9.84 Å². The molecular formula is C14H16ClF3N4OS. The number of hydrogen-bond donors (Lipinski definition) is 1. The van der Waals surface area contributed by atoms with Crippen molar-refractivity contribution in [1.82, 2.24) is 20.4 Å². The maximum Gasteiger partial charge on any atom is 0.446 e. The molecule has 0 amide bonds. The number of nitrogens with one attached hydrogen (secondary N) is 1. The van der Waals surface area contributed by atoms with Gasteiger partial charge in [-0.1, -0.05) is 5.16 Å². The maximum atomic E-state index is 12.3. The maximum absolute atomic E-state index is 12.3. The van der Waals surface area contributed by atoms with Crippen LogP contribution in [0.2, 0.25) is 0 Å². The zero-order chi connectivity index (χ0) is 16.4. The van der Waals surface area contributed by atoms with Crippen molar-refractivity contribution in [3.05, 3.63) is 30.1 Å². The van der Waals surface area contributed by atoms with Crippen LogP contribution < -0.4 is 5.32 Å². The van der Waals surface area contributed by atoms with Crippen LogP contribution >= 0.6 is 24.2 Å². The first-order valence-electron chi connectivity index (χ1n) is 7.03. The number of alkyl halides is 3. The molecule has 1 aromatic heterocycles. The Morgan fingerprint density at radius 2 is 2.00 bits per heavy atom. The van der Waals surface area contributed by atoms with Gasteiger partial charge in [-0.3, -0.25) is 4.90 Å². The standard InChI is InChI=1S/C14H15F3N4OS.ClH/c1-21-7-6-18-8-11(21)12-19-13(22-20-12)9-2-4-10(5-3-9)23-14(15,16)17;/h2-5,11,18H,6-8H2,1H3;1H. The van der Waals surface area contributed by atoms with E-state index in [1.807, 2.05) is 7.05 Å². The van der Waals surface area contributed by atoms with Gasteiger partial charge in [0.2, 0.25) is 0 Å². The molecular weight excluding hydrogens is 365 g/mol. The third kappa shape index (κ3) is 4.62. The van der Waals surface area contributed by atoms with E-state index in [9.17, 15) is 13.2 Å². The summed E-state index contributed by atoms with van der Waals surface area (Å²) in [6.07, 6.45) is 0. The Balaban J connectivity index is 0.00000208. The quantitative estimate of drug-likeness (QED) is 0.824. The van der Waals surface area contributed by atoms with E-state index >= 15 is 0 Å². The number of hydrogen-bond acceptors (Lipinski definition) is 6. The molecule has 10 heteroatoms. The third-order valence-electron chi connectivity index (χ3n) is 3.59. The molecule has 0 radical (unpaired) electrons. The van der Waals surface area contributed by atoms with Crippen LogP contribution in [0.1, 0.15) is 11.9 Å². The number of aromatic nitrogens is 2. The third-order valence-corrected chi connectivity index (χ3v) is 4.32. The molecule has 1 N–H and O–H groups in total. The number of likely N-dealkylation sites (N-methyl/N-ethyl adjacent to an activating group) is 1. The molecule has 1 fully saturated rings. The number of rotatable bonds is 3. The minimum atomic E-state index is -4.29. The minimum absolute atomic E-state index is 0. The molecule has 0 saturated carbocycles. The van der Waals surface area contributed by atoms with Crippen LogP contribution in [0.3, 0.4) is 0 Å². The van der Waals surface area contributed by atoms with Gasteiger partial charge in [-0.2, -0.15) is 18.2 Å². The first-order chi connectivity index (χ1) is 10.9. The second kappa shape index (κ2) is 7.73. The molecule has 0 aliphatic carbocycles. The van der Waals surface area contributed by atoms with Gasteiger partial charge in [0.15, 0.2) is 5.82 Å². The lowest BCUT2D eigenvalue weighted by molar-refractivity contribution is -0.0328. The summed E-state index contributed by atoms with van der Waals surface area (Å²) >= 11 is -0.149. The van der Waals surface area contributed by atoms with E-state index in [4.69, 9.17) is 4.52 Å². The second-order valence-corrected chi connectivity index (χ2v) is 6.37. The molecule has 24 heavy (non-hydrogen) atoms. The summed E-state index contributed by atoms with van der Waals surface area (Å²) < 4.78 is 42.2. The van der Waals surface area contributed by atoms with Gasteiger partial charge in [0.05, 0.1) is 6.04 Å². The van der Waals surface area contributed by atoms with Gasteiger partial charge in [-0.15, -0.1) is 12.4 Å². The van der Waals surface area contributed by atoms with Crippen molar-refractivity contribution in [2.75, 3.05) is 26.7 Å². The fourth-order valence-electron chi connectivity index (χ4n) is 2.38. The molecule has 1 unspecified atom stereocenters. The Morgan fingerprint density at radius 1 is 1.29 bits per heavy atom. The van der Waals surface area contributed by atoms with Crippen molar-refractivity contribution in [2.45, 2.75) is 16.4 Å². The van der Waals surface area contributed by atoms with E-state index in [2.05, 4.69) is 20.4 Å². The average Bonchev–Trinajstić information content (AvgIpc) is 2.96. The average molecular weight is 381 g/mol. The van der Waals surface area contributed by atoms with Crippen LogP contribution in [0.5, 0.6) is 0 Å². The Morgan fingerprint density at radius 3 is 2.62 bits per heavy atom. The Kier molecular flexibility index (Phi) is 6.13. The lowest BCUT2D eigenvalue weighted by Gasteiger charge is -2.30. The summed E-state index contributed by atoms with van der Waals surface area (Å²) in [4.78, 5) is 6.63. The first kappa shape index (κ1) is 19.0. The van der Waals surface area contributed by atoms with Crippen LogP contribution in [0.15, 0.2) is 33.7 Å². The molecule has 132 valence electrons. The molecule has 2 heterocycles. The predicted molar refractivity (Wildman–Crippen MR) is 87.1 cm³/mol. The highest BCUT2D eigenvalue weighted by molar-refractivity contribution is 8.00. The summed E-state index contributed by atoms with van der Waals surface area (Å²) in [5.41, 5.74) is -3.70. The second-order valence-electron chi connectivity index (χ2n) is 5.23. The summed E-state index contributed by atoms with van der Waals surface area (Å²) in [6, 6.07) is 5.92. The fourth-order valence-corrected chi connectivity index (χ4v) is 2.92. The number of nitrogens with zero attached hydrogens (tertiary/aromatic N) is 3. The lowest BCUT2D eigenvalue weighted by atomic mass is 10.2. The topological polar surface area (TPSA) is 54.2 Å². The number of benzene rings is 1. The van der Waals surface area contributed by atoms with E-state index < -0.39 is 5.51 Å². The van der Waals surface area contributed by atoms with E-state index in [1.165, 1.54) is 12.1 Å². The van der Waals surface area contributed by atoms with Gasteiger partial charge >= 0.3 is 5.51 Å². The SMILES string of the molecule is CN1CCNCC1c1noc(-c2ccc(SC(F)(F)F)cc2)n1.Cl. The Labute approximate surface area is 147 Å². The van der Waals surface area contributed by atoms with Crippen LogP contribution in [0.4, 0.5) is 13.2 Å². The van der Waals surface area contributed by atoms with Crippen molar-refractivity contribution >= 4 is 24.2 Å². The molecule has 1 aliphatic rings. The summed E-state index contributed by atoms with van der Waals surface area (Å²) in [6.45, 7) is 2.53. The molecule has 1 saturated heterocycles. The minimum Gasteiger partial charge on any atom is -0.334 e. The largest absolute Gasteiger partial charge is 0.446 e. The van der Waals surface area contributed by atoms with Crippen molar-refractivity contribution in [3.63, 3.8) is 0 Å². The monoisotopic (exact) mass is 380 g/mol. The summed E-state index contributed by atoms with van der Waals surface area (Å²) in [5.74, 6) is 0.881. The zero-order valence-corrected chi connectivity index (χ0v) is 14.3. The van der Waals surface area contributed by atoms with E-state index in [1.54, 1.807) is 12.1 Å². The normalized spacial score (nSPS) is 19.1. The van der Waals surface area contributed by atoms with Crippen LogP contribution in [0.25, 0.3) is 11.5 Å². The van der Waals surface area contributed by atoms with Crippen LogP contribution in [-0.4, -0.2) is 47.2 Å². The first-order valence-corrected chi connectivity index (χ1v) is 7.85. The predicted octanol–water partition coefficient (Wildman–Crippen LogP) is 3.35. The van der Waals surface area contributed by atoms with Crippen LogP contribution in [0, 0.1) is 0 Å². The zero-order valence-electron chi connectivity index (χ0n) is 12.7. The molecule has 1 aromatic carbocycles. The van der Waals surface area contributed by atoms with Gasteiger partial charge in [0.25, 0.3) is 5.89 Å². The van der Waals surface area contributed by atoms with Gasteiger partial charge in [-0.25, -0.2) is 0 Å². The van der Waals surface area contributed by atoms with Gasteiger partial charge in [0, 0.05) is 30.1 Å². The van der Waals surface area contributed by atoms with E-state index in [-0.39, 0.29) is 35.1 Å². The lowest BCUT2D eigenvalue weighted by Crippen LogP contribution is -2.44. The molecule has 5 nitrogen and oxygen atoms in total.